The first kappa shape index (κ1) is 96.4. The number of Topliss-reactive ketones (excluding diaryl/α,β-unsaturated/α-hetero) is 2. The lowest BCUT2D eigenvalue weighted by molar-refractivity contribution is 0.0915. The van der Waals surface area contributed by atoms with E-state index in [1.54, 1.807) is 24.3 Å². The molecule has 0 fully saturated rings. The summed E-state index contributed by atoms with van der Waals surface area (Å²) in [5.41, 5.74) is 15.7. The number of benzene rings is 18. The van der Waals surface area contributed by atoms with Crippen molar-refractivity contribution in [3.05, 3.63) is 538 Å². The fourth-order valence-corrected chi connectivity index (χ4v) is 15.7. The molecule has 0 spiro atoms. The Bertz CT molecular complexity index is 6600. The number of ether oxygens (including phenoxy) is 16. The summed E-state index contributed by atoms with van der Waals surface area (Å²) in [6.07, 6.45) is 0. The largest absolute Gasteiger partial charge is 0.489 e. The summed E-state index contributed by atoms with van der Waals surface area (Å²) in [5, 5.41) is 0. The van der Waals surface area contributed by atoms with Gasteiger partial charge in [0.15, 0.2) is 24.8 Å². The highest BCUT2D eigenvalue weighted by atomic mass is 16.5. The minimum Gasteiger partial charge on any atom is -0.489 e. The van der Waals surface area contributed by atoms with Gasteiger partial charge in [-0.25, -0.2) is 0 Å². The fraction of sp³-hybridized carbons (Fsp3) is 0.127. The number of ketones is 2. The van der Waals surface area contributed by atoms with Crippen molar-refractivity contribution in [3.63, 3.8) is 0 Å². The van der Waals surface area contributed by atoms with Gasteiger partial charge in [-0.2, -0.15) is 0 Å². The van der Waals surface area contributed by atoms with Gasteiger partial charge in [0, 0.05) is 47.5 Å². The zero-order valence-electron chi connectivity index (χ0n) is 79.4. The lowest BCUT2D eigenvalue weighted by Crippen LogP contribution is -2.11. The minimum atomic E-state index is -0.119. The van der Waals surface area contributed by atoms with Crippen LogP contribution in [0.15, 0.2) is 449 Å². The van der Waals surface area contributed by atoms with Crippen molar-refractivity contribution in [1.82, 2.24) is 0 Å². The van der Waals surface area contributed by atoms with Gasteiger partial charge in [-0.1, -0.05) is 291 Å². The molecule has 0 aliphatic heterocycles. The van der Waals surface area contributed by atoms with Crippen molar-refractivity contribution in [3.8, 4) is 103 Å². The molecule has 0 saturated carbocycles. The van der Waals surface area contributed by atoms with E-state index in [1.807, 2.05) is 425 Å². The molecule has 0 aliphatic rings. The lowest BCUT2D eigenvalue weighted by atomic mass is 10.1. The maximum absolute atomic E-state index is 13.0. The van der Waals surface area contributed by atoms with Crippen LogP contribution in [0.2, 0.25) is 0 Å². The van der Waals surface area contributed by atoms with Crippen LogP contribution in [0.25, 0.3) is 11.1 Å². The molecule has 144 heavy (non-hydrogen) atoms. The molecule has 0 N–H and O–H groups in total. The van der Waals surface area contributed by atoms with Gasteiger partial charge in [-0.3, -0.25) is 9.59 Å². The molecule has 18 rings (SSSR count). The predicted molar refractivity (Wildman–Crippen MR) is 555 cm³/mol. The van der Waals surface area contributed by atoms with E-state index in [9.17, 15) is 9.59 Å². The van der Waals surface area contributed by atoms with Gasteiger partial charge in [0.2, 0.25) is 0 Å². The highest BCUT2D eigenvalue weighted by molar-refractivity contribution is 5.97. The van der Waals surface area contributed by atoms with Gasteiger partial charge in [-0.05, 0) is 210 Å². The first-order chi connectivity index (χ1) is 71.0. The Hall–Kier alpha value is -17.9. The molecule has 0 aliphatic carbocycles. The van der Waals surface area contributed by atoms with E-state index in [1.165, 1.54) is 0 Å². The van der Waals surface area contributed by atoms with Crippen molar-refractivity contribution >= 4 is 11.6 Å². The van der Waals surface area contributed by atoms with Gasteiger partial charge in [0.25, 0.3) is 0 Å². The molecular formula is C126H106O18. The molecule has 718 valence electrons. The van der Waals surface area contributed by atoms with Crippen LogP contribution in [-0.4, -0.2) is 24.8 Å². The number of hydrogen-bond donors (Lipinski definition) is 0. The van der Waals surface area contributed by atoms with E-state index in [4.69, 9.17) is 75.8 Å². The van der Waals surface area contributed by atoms with Crippen LogP contribution >= 0.6 is 0 Å². The second kappa shape index (κ2) is 50.1. The van der Waals surface area contributed by atoms with Crippen LogP contribution in [0, 0.1) is 0 Å². The Morgan fingerprint density at radius 2 is 0.285 bits per heavy atom. The summed E-state index contributed by atoms with van der Waals surface area (Å²) in [4.78, 5) is 25.9. The number of rotatable bonds is 51. The normalized spacial score (nSPS) is 10.9. The molecule has 0 saturated heterocycles. The Kier molecular flexibility index (Phi) is 33.5. The number of carbonyl (C=O) groups is 2. The average molecular weight is 1910 g/mol. The van der Waals surface area contributed by atoms with E-state index in [0.29, 0.717) is 143 Å². The maximum Gasteiger partial charge on any atom is 0.200 e. The first-order valence-corrected chi connectivity index (χ1v) is 47.7. The molecule has 18 heteroatoms. The Balaban J connectivity index is 0.573. The zero-order valence-corrected chi connectivity index (χ0v) is 79.4. The molecule has 0 atom stereocenters. The Morgan fingerprint density at radius 3 is 0.486 bits per heavy atom. The third kappa shape index (κ3) is 30.1. The summed E-state index contributed by atoms with van der Waals surface area (Å²) in [7, 11) is 0. The third-order valence-electron chi connectivity index (χ3n) is 23.1. The standard InChI is InChI=1S/C126H106O18/c127-125(107-41-21-7-22-42-107)89-143-111-45-25-39-97(55-111)81-137-119-67-103(65-117(71-119)135-79-95-35-17-5-18-36-95)87-141-123-59-99(57-121(73-123)139-85-101-61-113(131-75-91-27-9-1-10-28-91)69-114(62-101)132-76-92-29-11-2-12-30-92)83-129-109-51-47-105(48-52-109)106-49-53-110(54-50-106)130-84-100-58-122(140-86-102-63-115(133-77-93-31-13-3-14-32-93)70-116(64-102)134-78-94-33-15-4-16-34-94)74-124(60-100)142-88-104-66-118(136-80-96-37-19-6-20-38-96)72-120(68-104)138-82-98-40-26-46-112(56-98)144-90-126(128)108-43-23-8-24-44-108/h1-74H,75-90H2. The number of carbonyl (C=O) groups excluding carboxylic acids is 2. The molecule has 0 unspecified atom stereocenters. The quantitative estimate of drug-likeness (QED) is 0.0328. The topological polar surface area (TPSA) is 182 Å². The summed E-state index contributed by atoms with van der Waals surface area (Å²) in [5.74, 6) is 9.11. The van der Waals surface area contributed by atoms with Gasteiger partial charge in [-0.15, -0.1) is 0 Å². The summed E-state index contributed by atoms with van der Waals surface area (Å²) < 4.78 is 104. The second-order valence-corrected chi connectivity index (χ2v) is 34.3. The van der Waals surface area contributed by atoms with E-state index in [2.05, 4.69) is 0 Å². The van der Waals surface area contributed by atoms with Crippen LogP contribution in [0.1, 0.15) is 98.6 Å². The Morgan fingerprint density at radius 1 is 0.125 bits per heavy atom. The number of hydrogen-bond acceptors (Lipinski definition) is 18. The molecule has 0 radical (unpaired) electrons. The van der Waals surface area contributed by atoms with Crippen LogP contribution in [-0.2, 0) is 92.5 Å². The molecular weight excluding hydrogens is 1800 g/mol. The van der Waals surface area contributed by atoms with Crippen molar-refractivity contribution in [2.45, 2.75) is 92.5 Å². The van der Waals surface area contributed by atoms with Crippen LogP contribution in [0.5, 0.6) is 92.0 Å². The van der Waals surface area contributed by atoms with Gasteiger partial charge >= 0.3 is 0 Å². The van der Waals surface area contributed by atoms with Crippen molar-refractivity contribution in [2.75, 3.05) is 13.2 Å². The summed E-state index contributed by atoms with van der Waals surface area (Å²) in [6.45, 7) is 3.19. The SMILES string of the molecule is O=C(COc1cccc(COc2cc(COc3cc(COc4ccc(-c5ccc(OCc6cc(OCc7cc(OCc8ccccc8)cc(OCc8ccccc8)c7)cc(OCc7cc(OCc8ccccc8)cc(OCc8cccc(OCC(=O)c9ccccc9)c8)c7)c6)cc5)cc4)cc(OCc4cc(OCc5ccccc5)cc(OCc5ccccc5)c4)c3)cc(OCc3ccccc3)c2)c1)c1ccccc1. The van der Waals surface area contributed by atoms with Gasteiger partial charge in [0.1, 0.15) is 184 Å². The van der Waals surface area contributed by atoms with Gasteiger partial charge in [0.05, 0.1) is 0 Å². The molecule has 0 bridgehead atoms. The smallest absolute Gasteiger partial charge is 0.200 e. The fourth-order valence-electron chi connectivity index (χ4n) is 15.7. The highest BCUT2D eigenvalue weighted by Gasteiger charge is 2.19. The van der Waals surface area contributed by atoms with Crippen molar-refractivity contribution < 1.29 is 85.4 Å². The van der Waals surface area contributed by atoms with Crippen LogP contribution in [0.3, 0.4) is 0 Å². The van der Waals surface area contributed by atoms with Crippen LogP contribution < -0.4 is 75.8 Å². The zero-order chi connectivity index (χ0) is 97.7. The second-order valence-electron chi connectivity index (χ2n) is 34.3. The van der Waals surface area contributed by atoms with Gasteiger partial charge < -0.3 is 75.8 Å². The predicted octanol–water partition coefficient (Wildman–Crippen LogP) is 28.0. The molecule has 0 aromatic heterocycles. The molecule has 0 heterocycles. The first-order valence-electron chi connectivity index (χ1n) is 47.7. The van der Waals surface area contributed by atoms with Crippen LogP contribution in [0.4, 0.5) is 0 Å². The van der Waals surface area contributed by atoms with E-state index >= 15 is 0 Å². The minimum absolute atomic E-state index is 0.104. The summed E-state index contributed by atoms with van der Waals surface area (Å²) >= 11 is 0. The summed E-state index contributed by atoms with van der Waals surface area (Å²) in [6, 6.07) is 144. The molecule has 18 aromatic rings. The van der Waals surface area contributed by atoms with E-state index in [-0.39, 0.29) is 77.6 Å². The van der Waals surface area contributed by atoms with Crippen molar-refractivity contribution in [1.29, 1.82) is 0 Å². The van der Waals surface area contributed by atoms with E-state index < -0.39 is 0 Å². The molecule has 0 amide bonds. The average Bonchev–Trinajstić information content (AvgIpc) is 0.838. The Labute approximate surface area is 838 Å². The highest BCUT2D eigenvalue weighted by Crippen LogP contribution is 2.37. The van der Waals surface area contributed by atoms with Crippen molar-refractivity contribution in [2.24, 2.45) is 0 Å². The maximum atomic E-state index is 13.0. The lowest BCUT2D eigenvalue weighted by Gasteiger charge is -2.16. The third-order valence-corrected chi connectivity index (χ3v) is 23.1. The molecule has 18 nitrogen and oxygen atoms in total. The van der Waals surface area contributed by atoms with E-state index in [0.717, 1.165) is 89.0 Å². The monoisotopic (exact) mass is 1910 g/mol. The molecule has 18 aromatic carbocycles.